The molecule has 124 valence electrons. The van der Waals surface area contributed by atoms with E-state index < -0.39 is 0 Å². The summed E-state index contributed by atoms with van der Waals surface area (Å²) >= 11 is 0. The van der Waals surface area contributed by atoms with Crippen molar-refractivity contribution in [2.24, 2.45) is 5.73 Å². The third kappa shape index (κ3) is 6.03. The molecule has 0 saturated heterocycles. The number of carbonyl (C=O) groups is 2. The van der Waals surface area contributed by atoms with E-state index in [4.69, 9.17) is 5.73 Å². The monoisotopic (exact) mass is 327 g/mol. The molecule has 0 spiro atoms. The molecule has 6 heteroatoms. The second-order valence-electron chi connectivity index (χ2n) is 5.08. The Morgan fingerprint density at radius 2 is 1.64 bits per heavy atom. The Morgan fingerprint density at radius 3 is 2.09 bits per heavy atom. The summed E-state index contributed by atoms with van der Waals surface area (Å²) in [5, 5.41) is 2.81. The van der Waals surface area contributed by atoms with E-state index in [-0.39, 0.29) is 30.3 Å². The molecular formula is C16H26ClN3O2. The minimum Gasteiger partial charge on any atom is -0.352 e. The van der Waals surface area contributed by atoms with Gasteiger partial charge in [-0.1, -0.05) is 0 Å². The van der Waals surface area contributed by atoms with Crippen LogP contribution in [0, 0.1) is 0 Å². The van der Waals surface area contributed by atoms with E-state index in [1.54, 1.807) is 29.2 Å². The van der Waals surface area contributed by atoms with Crippen LogP contribution in [-0.2, 0) is 0 Å². The number of nitrogens with zero attached hydrogens (tertiary/aromatic N) is 1. The Morgan fingerprint density at radius 1 is 1.14 bits per heavy atom. The number of nitrogens with one attached hydrogen (secondary N) is 1. The molecular weight excluding hydrogens is 302 g/mol. The number of halogens is 1. The van der Waals surface area contributed by atoms with Crippen LogP contribution in [0.2, 0.25) is 0 Å². The first-order valence-corrected chi connectivity index (χ1v) is 7.42. The average molecular weight is 328 g/mol. The van der Waals surface area contributed by atoms with E-state index in [9.17, 15) is 9.59 Å². The van der Waals surface area contributed by atoms with Crippen LogP contribution in [-0.4, -0.2) is 42.4 Å². The summed E-state index contributed by atoms with van der Waals surface area (Å²) in [7, 11) is 0. The van der Waals surface area contributed by atoms with E-state index in [1.807, 2.05) is 20.8 Å². The first-order chi connectivity index (χ1) is 9.99. The van der Waals surface area contributed by atoms with Crippen LogP contribution >= 0.6 is 12.4 Å². The molecule has 0 aliphatic carbocycles. The van der Waals surface area contributed by atoms with E-state index >= 15 is 0 Å². The maximum atomic E-state index is 12.1. The second kappa shape index (κ2) is 10.2. The van der Waals surface area contributed by atoms with Gasteiger partial charge in [-0.3, -0.25) is 9.59 Å². The number of carbonyl (C=O) groups excluding carboxylic acids is 2. The van der Waals surface area contributed by atoms with Crippen molar-refractivity contribution in [3.63, 3.8) is 0 Å². The number of nitrogens with two attached hydrogens (primary N) is 1. The van der Waals surface area contributed by atoms with Crippen molar-refractivity contribution in [3.8, 4) is 0 Å². The van der Waals surface area contributed by atoms with Gasteiger partial charge in [0, 0.05) is 36.8 Å². The van der Waals surface area contributed by atoms with E-state index in [2.05, 4.69) is 5.32 Å². The molecule has 0 bridgehead atoms. The number of benzene rings is 1. The molecule has 22 heavy (non-hydrogen) atoms. The molecule has 5 nitrogen and oxygen atoms in total. The van der Waals surface area contributed by atoms with E-state index in [1.165, 1.54) is 0 Å². The normalized spacial score (nSPS) is 11.3. The standard InChI is InChI=1S/C16H25N3O2.ClH/c1-4-19(5-2)16(21)14-8-6-13(7-9-14)15(20)18-11-10-12(3)17;/h6-9,12H,4-5,10-11,17H2,1-3H3,(H,18,20);1H. The zero-order chi connectivity index (χ0) is 15.8. The van der Waals surface area contributed by atoms with Gasteiger partial charge in [-0.25, -0.2) is 0 Å². The lowest BCUT2D eigenvalue weighted by molar-refractivity contribution is 0.0772. The summed E-state index contributed by atoms with van der Waals surface area (Å²) in [6.07, 6.45) is 0.740. The predicted octanol–water partition coefficient (Wildman–Crippen LogP) is 2.06. The Labute approximate surface area is 138 Å². The fourth-order valence-corrected chi connectivity index (χ4v) is 1.97. The van der Waals surface area contributed by atoms with Gasteiger partial charge in [0.05, 0.1) is 0 Å². The predicted molar refractivity (Wildman–Crippen MR) is 91.5 cm³/mol. The number of hydrogen-bond acceptors (Lipinski definition) is 3. The molecule has 1 unspecified atom stereocenters. The maximum Gasteiger partial charge on any atom is 0.253 e. The number of rotatable bonds is 7. The van der Waals surface area contributed by atoms with Gasteiger partial charge in [0.2, 0.25) is 0 Å². The lowest BCUT2D eigenvalue weighted by Gasteiger charge is -2.18. The van der Waals surface area contributed by atoms with Gasteiger partial charge in [0.1, 0.15) is 0 Å². The molecule has 0 fully saturated rings. The molecule has 0 aromatic heterocycles. The summed E-state index contributed by atoms with van der Waals surface area (Å²) < 4.78 is 0. The molecule has 0 aliphatic heterocycles. The summed E-state index contributed by atoms with van der Waals surface area (Å²) in [6.45, 7) is 7.70. The average Bonchev–Trinajstić information content (AvgIpc) is 2.48. The highest BCUT2D eigenvalue weighted by Crippen LogP contribution is 2.08. The summed E-state index contributed by atoms with van der Waals surface area (Å²) in [4.78, 5) is 25.8. The van der Waals surface area contributed by atoms with E-state index in [0.717, 1.165) is 6.42 Å². The van der Waals surface area contributed by atoms with Crippen molar-refractivity contribution in [2.75, 3.05) is 19.6 Å². The van der Waals surface area contributed by atoms with Gasteiger partial charge in [-0.2, -0.15) is 0 Å². The zero-order valence-corrected chi connectivity index (χ0v) is 14.3. The van der Waals surface area contributed by atoms with Gasteiger partial charge in [0.25, 0.3) is 11.8 Å². The third-order valence-electron chi connectivity index (χ3n) is 3.33. The van der Waals surface area contributed by atoms with E-state index in [0.29, 0.717) is 30.8 Å². The van der Waals surface area contributed by atoms with Gasteiger partial charge in [-0.05, 0) is 51.5 Å². The summed E-state index contributed by atoms with van der Waals surface area (Å²) in [6, 6.07) is 6.82. The quantitative estimate of drug-likeness (QED) is 0.805. The number of amides is 2. The highest BCUT2D eigenvalue weighted by molar-refractivity contribution is 5.97. The molecule has 0 radical (unpaired) electrons. The van der Waals surface area contributed by atoms with Crippen molar-refractivity contribution in [1.29, 1.82) is 0 Å². The van der Waals surface area contributed by atoms with Crippen LogP contribution in [0.25, 0.3) is 0 Å². The van der Waals surface area contributed by atoms with Crippen LogP contribution in [0.5, 0.6) is 0 Å². The highest BCUT2D eigenvalue weighted by Gasteiger charge is 2.13. The first-order valence-electron chi connectivity index (χ1n) is 7.42. The molecule has 2 amide bonds. The highest BCUT2D eigenvalue weighted by atomic mass is 35.5. The Balaban J connectivity index is 0.00000441. The lowest BCUT2D eigenvalue weighted by Crippen LogP contribution is -2.31. The Kier molecular flexibility index (Phi) is 9.45. The Hall–Kier alpha value is -1.59. The molecule has 1 rings (SSSR count). The van der Waals surface area contributed by atoms with Crippen molar-refractivity contribution in [3.05, 3.63) is 35.4 Å². The summed E-state index contributed by atoms with van der Waals surface area (Å²) in [5.41, 5.74) is 6.79. The fraction of sp³-hybridized carbons (Fsp3) is 0.500. The molecule has 1 aromatic rings. The zero-order valence-electron chi connectivity index (χ0n) is 13.5. The molecule has 3 N–H and O–H groups in total. The van der Waals surface area contributed by atoms with Crippen LogP contribution < -0.4 is 11.1 Å². The van der Waals surface area contributed by atoms with Gasteiger partial charge in [-0.15, -0.1) is 12.4 Å². The molecule has 0 aliphatic rings. The summed E-state index contributed by atoms with van der Waals surface area (Å²) in [5.74, 6) is -0.151. The van der Waals surface area contributed by atoms with Crippen LogP contribution in [0.15, 0.2) is 24.3 Å². The minimum atomic E-state index is -0.141. The van der Waals surface area contributed by atoms with Crippen LogP contribution in [0.1, 0.15) is 47.9 Å². The van der Waals surface area contributed by atoms with Crippen LogP contribution in [0.4, 0.5) is 0 Å². The molecule has 1 aromatic carbocycles. The van der Waals surface area contributed by atoms with Gasteiger partial charge < -0.3 is 16.0 Å². The minimum absolute atomic E-state index is 0. The SMILES string of the molecule is CCN(CC)C(=O)c1ccc(C(=O)NCCC(C)N)cc1.Cl. The van der Waals surface area contributed by atoms with Crippen molar-refractivity contribution in [2.45, 2.75) is 33.2 Å². The number of hydrogen-bond donors (Lipinski definition) is 2. The molecule has 0 heterocycles. The maximum absolute atomic E-state index is 12.1. The Bertz CT molecular complexity index is 471. The molecule has 0 saturated carbocycles. The molecule has 1 atom stereocenters. The van der Waals surface area contributed by atoms with Crippen LogP contribution in [0.3, 0.4) is 0 Å². The topological polar surface area (TPSA) is 75.4 Å². The van der Waals surface area contributed by atoms with Gasteiger partial charge in [0.15, 0.2) is 0 Å². The third-order valence-corrected chi connectivity index (χ3v) is 3.33. The smallest absolute Gasteiger partial charge is 0.253 e. The fourth-order valence-electron chi connectivity index (χ4n) is 1.97. The van der Waals surface area contributed by atoms with Crippen molar-refractivity contribution in [1.82, 2.24) is 10.2 Å². The second-order valence-corrected chi connectivity index (χ2v) is 5.08. The first kappa shape index (κ1) is 20.4. The van der Waals surface area contributed by atoms with Crippen molar-refractivity contribution < 1.29 is 9.59 Å². The largest absolute Gasteiger partial charge is 0.352 e. The lowest BCUT2D eigenvalue weighted by atomic mass is 10.1. The van der Waals surface area contributed by atoms with Crippen molar-refractivity contribution >= 4 is 24.2 Å². The van der Waals surface area contributed by atoms with Gasteiger partial charge >= 0.3 is 0 Å².